The van der Waals surface area contributed by atoms with Crippen molar-refractivity contribution in [2.75, 3.05) is 36.8 Å². The Kier molecular flexibility index (Phi) is 12.7. The van der Waals surface area contributed by atoms with E-state index in [0.717, 1.165) is 37.2 Å². The van der Waals surface area contributed by atoms with Crippen molar-refractivity contribution in [2.45, 2.75) is 83.5 Å². The highest BCUT2D eigenvalue weighted by Crippen LogP contribution is 2.47. The number of rotatable bonds is 18. The number of hydrogen-bond donors (Lipinski definition) is 2. The number of imide groups is 1. The van der Waals surface area contributed by atoms with Gasteiger partial charge in [-0.3, -0.25) is 23.8 Å². The third-order valence-corrected chi connectivity index (χ3v) is 11.2. The van der Waals surface area contributed by atoms with Crippen LogP contribution < -0.4 is 10.2 Å². The molecular weight excluding hydrogens is 689 g/mol. The molecule has 0 fully saturated rings. The Hall–Kier alpha value is -4.61. The normalized spacial score (nSPS) is 18.3. The minimum absolute atomic E-state index is 0.0167. The first-order chi connectivity index (χ1) is 25.2. The first-order valence-electron chi connectivity index (χ1n) is 18.6. The highest BCUT2D eigenvalue weighted by Gasteiger charge is 2.44. The maximum Gasteiger partial charge on any atom is 0.264 e. The molecule has 0 saturated heterocycles. The van der Waals surface area contributed by atoms with Gasteiger partial charge in [0.15, 0.2) is 5.71 Å². The molecule has 53 heavy (non-hydrogen) atoms. The average molecular weight is 742 g/mol. The number of para-hydroxylation sites is 2. The van der Waals surface area contributed by atoms with Crippen LogP contribution in [0.3, 0.4) is 0 Å². The van der Waals surface area contributed by atoms with E-state index in [-0.39, 0.29) is 34.3 Å². The van der Waals surface area contributed by atoms with Gasteiger partial charge < -0.3 is 10.2 Å². The molecule has 282 valence electrons. The summed E-state index contributed by atoms with van der Waals surface area (Å²) in [5.74, 6) is -0.858. The zero-order valence-electron chi connectivity index (χ0n) is 31.4. The summed E-state index contributed by atoms with van der Waals surface area (Å²) in [5, 5.41) is 2.90. The Morgan fingerprint density at radius 3 is 2.21 bits per heavy atom. The average Bonchev–Trinajstić information content (AvgIpc) is 3.63. The summed E-state index contributed by atoms with van der Waals surface area (Å²) >= 11 is 0. The van der Waals surface area contributed by atoms with Gasteiger partial charge in [0, 0.05) is 79.1 Å². The van der Waals surface area contributed by atoms with Gasteiger partial charge in [-0.1, -0.05) is 68.5 Å². The number of carbonyl (C=O) groups is 3. The Balaban J connectivity index is 1.19. The van der Waals surface area contributed by atoms with Crippen LogP contribution in [0, 0.1) is 0 Å². The Morgan fingerprint density at radius 1 is 0.792 bits per heavy atom. The van der Waals surface area contributed by atoms with Crippen molar-refractivity contribution < 1.29 is 31.9 Å². The molecule has 11 heteroatoms. The van der Waals surface area contributed by atoms with Crippen molar-refractivity contribution >= 4 is 44.9 Å². The lowest BCUT2D eigenvalue weighted by Crippen LogP contribution is -2.33. The second-order valence-electron chi connectivity index (χ2n) is 14.9. The number of anilines is 1. The molecule has 3 aliphatic heterocycles. The molecule has 0 spiro atoms. The van der Waals surface area contributed by atoms with Crippen molar-refractivity contribution in [2.24, 2.45) is 0 Å². The second kappa shape index (κ2) is 17.0. The van der Waals surface area contributed by atoms with Crippen molar-refractivity contribution in [1.29, 1.82) is 0 Å². The van der Waals surface area contributed by atoms with Crippen LogP contribution in [0.25, 0.3) is 0 Å². The van der Waals surface area contributed by atoms with E-state index in [0.29, 0.717) is 45.3 Å². The second-order valence-corrected chi connectivity index (χ2v) is 16.5. The largest absolute Gasteiger partial charge is 0.356 e. The summed E-state index contributed by atoms with van der Waals surface area (Å²) in [6, 6.07) is 16.9. The lowest BCUT2D eigenvalue weighted by molar-refractivity contribution is -0.438. The first-order valence-corrected chi connectivity index (χ1v) is 20.2. The predicted molar refractivity (Wildman–Crippen MR) is 210 cm³/mol. The van der Waals surface area contributed by atoms with Gasteiger partial charge in [0.05, 0.1) is 11.2 Å². The maximum atomic E-state index is 12.4. The molecule has 3 heterocycles. The van der Waals surface area contributed by atoms with E-state index in [1.807, 2.05) is 12.1 Å². The summed E-state index contributed by atoms with van der Waals surface area (Å²) in [4.78, 5) is 39.2. The number of carbonyl (C=O) groups excluding carboxylic acids is 3. The minimum Gasteiger partial charge on any atom is -0.356 e. The Bertz CT molecular complexity index is 1950. The molecule has 0 unspecified atom stereocenters. The van der Waals surface area contributed by atoms with Gasteiger partial charge in [-0.25, -0.2) is 0 Å². The number of nitrogens with one attached hydrogen (secondary N) is 1. The van der Waals surface area contributed by atoms with Gasteiger partial charge in [-0.05, 0) is 63.7 Å². The molecule has 0 aromatic heterocycles. The van der Waals surface area contributed by atoms with E-state index in [1.54, 1.807) is 0 Å². The third-order valence-electron chi connectivity index (χ3n) is 10.4. The number of fused-ring (bicyclic) bond motifs is 2. The SMILES string of the molecule is CC1(C)C(/C=C/C=C/C=C2/N(CCCCS(=O)(=O)O)c3ccccc3C2(C)C)=[N+](CCCCCC(=O)NCCCN2C(=O)C=CC2=O)c2ccccc21. The summed E-state index contributed by atoms with van der Waals surface area (Å²) < 4.78 is 34.2. The van der Waals surface area contributed by atoms with Gasteiger partial charge >= 0.3 is 0 Å². The van der Waals surface area contributed by atoms with E-state index < -0.39 is 10.1 Å². The van der Waals surface area contributed by atoms with E-state index in [1.165, 1.54) is 39.6 Å². The van der Waals surface area contributed by atoms with Gasteiger partial charge in [0.1, 0.15) is 6.54 Å². The smallest absolute Gasteiger partial charge is 0.264 e. The molecule has 2 N–H and O–H groups in total. The number of hydrogen-bond acceptors (Lipinski definition) is 6. The number of allylic oxidation sites excluding steroid dienone is 6. The molecule has 2 aromatic rings. The van der Waals surface area contributed by atoms with Crippen molar-refractivity contribution in [3.05, 3.63) is 108 Å². The molecule has 3 aliphatic rings. The van der Waals surface area contributed by atoms with E-state index >= 15 is 0 Å². The zero-order valence-corrected chi connectivity index (χ0v) is 32.2. The van der Waals surface area contributed by atoms with Crippen LogP contribution in [0.15, 0.2) is 96.8 Å². The highest BCUT2D eigenvalue weighted by molar-refractivity contribution is 7.85. The fraction of sp³-hybridized carbons (Fsp3) is 0.429. The van der Waals surface area contributed by atoms with Crippen LogP contribution >= 0.6 is 0 Å². The molecule has 2 aromatic carbocycles. The number of unbranched alkanes of at least 4 members (excludes halogenated alkanes) is 3. The molecule has 0 radical (unpaired) electrons. The van der Waals surface area contributed by atoms with Crippen LogP contribution in [0.4, 0.5) is 11.4 Å². The topological polar surface area (TPSA) is 127 Å². The summed E-state index contributed by atoms with van der Waals surface area (Å²) in [7, 11) is -3.98. The number of amides is 3. The summed E-state index contributed by atoms with van der Waals surface area (Å²) in [5.41, 5.74) is 6.78. The number of nitrogens with zero attached hydrogens (tertiary/aromatic N) is 3. The molecule has 0 aliphatic carbocycles. The molecule has 0 atom stereocenters. The van der Waals surface area contributed by atoms with E-state index in [2.05, 4.69) is 109 Å². The van der Waals surface area contributed by atoms with Crippen LogP contribution in [0.5, 0.6) is 0 Å². The highest BCUT2D eigenvalue weighted by atomic mass is 32.2. The fourth-order valence-corrected chi connectivity index (χ4v) is 8.18. The van der Waals surface area contributed by atoms with E-state index in [9.17, 15) is 27.4 Å². The molecule has 10 nitrogen and oxygen atoms in total. The number of benzene rings is 2. The lowest BCUT2D eigenvalue weighted by Gasteiger charge is -2.27. The molecule has 0 bridgehead atoms. The van der Waals surface area contributed by atoms with E-state index in [4.69, 9.17) is 0 Å². The monoisotopic (exact) mass is 741 g/mol. The van der Waals surface area contributed by atoms with Crippen LogP contribution in [0.1, 0.15) is 83.8 Å². The molecule has 0 saturated carbocycles. The fourth-order valence-electron chi connectivity index (χ4n) is 7.61. The van der Waals surface area contributed by atoms with Gasteiger partial charge in [-0.15, -0.1) is 0 Å². The van der Waals surface area contributed by atoms with Gasteiger partial charge in [0.25, 0.3) is 21.9 Å². The minimum atomic E-state index is -3.98. The van der Waals surface area contributed by atoms with Crippen LogP contribution in [-0.2, 0) is 35.3 Å². The Labute approximate surface area is 314 Å². The standard InChI is InChI=1S/C42H52N4O6S/c1-41(2)32-18-10-12-20-34(32)44(28-14-6-9-24-38(47)43-27-17-30-46-39(48)25-26-40(46)49)36(41)22-7-5-8-23-37-42(3,4)33-19-11-13-21-35(33)45(37)29-15-16-31-53(50,51)52/h5,7-8,10-13,18-23,25-26H,6,9,14-17,24,27-31H2,1-4H3,(H-,43,47,50,51,52)/p+1. The molecular formula is C42H53N4O6S+. The first kappa shape index (κ1) is 39.6. The third kappa shape index (κ3) is 9.50. The Morgan fingerprint density at radius 2 is 1.47 bits per heavy atom. The lowest BCUT2D eigenvalue weighted by atomic mass is 9.81. The van der Waals surface area contributed by atoms with Crippen molar-refractivity contribution in [1.82, 2.24) is 10.2 Å². The zero-order chi connectivity index (χ0) is 38.2. The predicted octanol–water partition coefficient (Wildman–Crippen LogP) is 6.52. The van der Waals surface area contributed by atoms with Crippen molar-refractivity contribution in [3.8, 4) is 0 Å². The quantitative estimate of drug-likeness (QED) is 0.0586. The summed E-state index contributed by atoms with van der Waals surface area (Å²) in [6.45, 7) is 11.1. The van der Waals surface area contributed by atoms with Crippen LogP contribution in [0.2, 0.25) is 0 Å². The molecule has 3 amide bonds. The van der Waals surface area contributed by atoms with Gasteiger partial charge in [-0.2, -0.15) is 13.0 Å². The van der Waals surface area contributed by atoms with Crippen LogP contribution in [-0.4, -0.2) is 77.8 Å². The maximum absolute atomic E-state index is 12.4. The van der Waals surface area contributed by atoms with Gasteiger partial charge in [0.2, 0.25) is 11.6 Å². The molecule has 5 rings (SSSR count). The van der Waals surface area contributed by atoms with Crippen molar-refractivity contribution in [3.63, 3.8) is 0 Å². The summed E-state index contributed by atoms with van der Waals surface area (Å²) in [6.07, 6.45) is 17.7.